The number of hydrogen-bond acceptors (Lipinski definition) is 3. The summed E-state index contributed by atoms with van der Waals surface area (Å²) in [5.74, 6) is 0.352. The third kappa shape index (κ3) is 3.17. The van der Waals surface area contributed by atoms with Gasteiger partial charge in [0.25, 0.3) is 0 Å². The van der Waals surface area contributed by atoms with Crippen molar-refractivity contribution in [2.75, 3.05) is 0 Å². The Morgan fingerprint density at radius 2 is 1.76 bits per heavy atom. The van der Waals surface area contributed by atoms with E-state index >= 15 is 0 Å². The molecule has 3 unspecified atom stereocenters. The Labute approximate surface area is 123 Å². The van der Waals surface area contributed by atoms with E-state index in [2.05, 4.69) is 5.32 Å². The van der Waals surface area contributed by atoms with Crippen molar-refractivity contribution in [1.82, 2.24) is 5.32 Å². The van der Waals surface area contributed by atoms with Gasteiger partial charge in [-0.05, 0) is 48.8 Å². The average Bonchev–Trinajstić information content (AvgIpc) is 3.06. The topological polar surface area (TPSA) is 86.6 Å². The number of phenolic OH excluding ortho intramolecular Hbond substituents is 1. The standard InChI is InChI=1S/C16H19NO4/c18-13-3-1-9(2-4-13)5-14(16(20)21)17-15(19)12-7-10-6-11(10)8-12/h1-4,10-12,14,18H,5-8H2,(H,17,19)(H,20,21). The third-order valence-corrected chi connectivity index (χ3v) is 4.61. The first-order valence-electron chi connectivity index (χ1n) is 7.34. The predicted octanol–water partition coefficient (Wildman–Crippen LogP) is 1.55. The molecule has 2 aliphatic carbocycles. The normalized spacial score (nSPS) is 27.7. The zero-order chi connectivity index (χ0) is 15.0. The van der Waals surface area contributed by atoms with Crippen molar-refractivity contribution in [2.45, 2.75) is 31.7 Å². The lowest BCUT2D eigenvalue weighted by Gasteiger charge is -2.18. The number of rotatable bonds is 5. The highest BCUT2D eigenvalue weighted by Crippen LogP contribution is 2.54. The van der Waals surface area contributed by atoms with Crippen molar-refractivity contribution < 1.29 is 19.8 Å². The predicted molar refractivity (Wildman–Crippen MR) is 75.7 cm³/mol. The maximum atomic E-state index is 12.2. The summed E-state index contributed by atoms with van der Waals surface area (Å²) in [5, 5.41) is 21.2. The van der Waals surface area contributed by atoms with E-state index in [9.17, 15) is 19.8 Å². The van der Waals surface area contributed by atoms with Crippen LogP contribution in [0.4, 0.5) is 0 Å². The molecule has 1 aromatic carbocycles. The van der Waals surface area contributed by atoms with Gasteiger partial charge in [0.2, 0.25) is 5.91 Å². The van der Waals surface area contributed by atoms with Crippen LogP contribution in [0.25, 0.3) is 0 Å². The van der Waals surface area contributed by atoms with E-state index in [1.807, 2.05) is 0 Å². The summed E-state index contributed by atoms with van der Waals surface area (Å²) in [6, 6.07) is 5.45. The van der Waals surface area contributed by atoms with Crippen molar-refractivity contribution in [1.29, 1.82) is 0 Å². The highest BCUT2D eigenvalue weighted by Gasteiger charge is 2.48. The van der Waals surface area contributed by atoms with Crippen LogP contribution < -0.4 is 5.32 Å². The number of carboxylic acid groups (broad SMARTS) is 1. The molecule has 0 aliphatic heterocycles. The van der Waals surface area contributed by atoms with E-state index in [1.54, 1.807) is 12.1 Å². The number of phenols is 1. The maximum absolute atomic E-state index is 12.2. The van der Waals surface area contributed by atoms with Gasteiger partial charge in [-0.3, -0.25) is 4.79 Å². The highest BCUT2D eigenvalue weighted by molar-refractivity contribution is 5.85. The largest absolute Gasteiger partial charge is 0.508 e. The first-order valence-corrected chi connectivity index (χ1v) is 7.34. The molecule has 0 saturated heterocycles. The Kier molecular flexibility index (Phi) is 3.57. The Hall–Kier alpha value is -2.04. The molecular formula is C16H19NO4. The number of aromatic hydroxyl groups is 1. The van der Waals surface area contributed by atoms with Crippen LogP contribution in [0, 0.1) is 17.8 Å². The van der Waals surface area contributed by atoms with Gasteiger partial charge in [-0.1, -0.05) is 12.1 Å². The van der Waals surface area contributed by atoms with Gasteiger partial charge in [0.05, 0.1) is 0 Å². The summed E-state index contributed by atoms with van der Waals surface area (Å²) in [7, 11) is 0. The molecule has 0 bridgehead atoms. The molecule has 112 valence electrons. The molecule has 0 radical (unpaired) electrons. The molecule has 0 heterocycles. The van der Waals surface area contributed by atoms with Crippen LogP contribution in [-0.2, 0) is 16.0 Å². The molecule has 2 aliphatic rings. The second kappa shape index (κ2) is 5.39. The van der Waals surface area contributed by atoms with E-state index in [-0.39, 0.29) is 24.0 Å². The van der Waals surface area contributed by atoms with Crippen LogP contribution in [0.2, 0.25) is 0 Å². The molecule has 3 rings (SSSR count). The number of carbonyl (C=O) groups excluding carboxylic acids is 1. The van der Waals surface area contributed by atoms with E-state index < -0.39 is 12.0 Å². The lowest BCUT2D eigenvalue weighted by Crippen LogP contribution is -2.44. The van der Waals surface area contributed by atoms with Crippen LogP contribution in [0.1, 0.15) is 24.8 Å². The van der Waals surface area contributed by atoms with Gasteiger partial charge in [0.15, 0.2) is 0 Å². The minimum absolute atomic E-state index is 0.0181. The van der Waals surface area contributed by atoms with Crippen molar-refractivity contribution in [2.24, 2.45) is 17.8 Å². The van der Waals surface area contributed by atoms with Gasteiger partial charge >= 0.3 is 5.97 Å². The fourth-order valence-corrected chi connectivity index (χ4v) is 3.29. The number of nitrogens with one attached hydrogen (secondary N) is 1. The molecule has 1 amide bonds. The van der Waals surface area contributed by atoms with E-state index in [1.165, 1.54) is 18.6 Å². The molecule has 3 N–H and O–H groups in total. The summed E-state index contributed by atoms with van der Waals surface area (Å²) < 4.78 is 0. The molecule has 0 spiro atoms. The number of hydrogen-bond donors (Lipinski definition) is 3. The summed E-state index contributed by atoms with van der Waals surface area (Å²) in [6.45, 7) is 0. The summed E-state index contributed by atoms with van der Waals surface area (Å²) in [5.41, 5.74) is 0.773. The molecule has 0 aromatic heterocycles. The van der Waals surface area contributed by atoms with Crippen molar-refractivity contribution >= 4 is 11.9 Å². The summed E-state index contributed by atoms with van der Waals surface area (Å²) in [4.78, 5) is 23.5. The van der Waals surface area contributed by atoms with Gasteiger partial charge in [-0.2, -0.15) is 0 Å². The molecule has 2 saturated carbocycles. The van der Waals surface area contributed by atoms with Gasteiger partial charge in [-0.25, -0.2) is 4.79 Å². The first kappa shape index (κ1) is 13.9. The number of fused-ring (bicyclic) bond motifs is 1. The number of benzene rings is 1. The highest BCUT2D eigenvalue weighted by atomic mass is 16.4. The molecule has 3 atom stereocenters. The third-order valence-electron chi connectivity index (χ3n) is 4.61. The van der Waals surface area contributed by atoms with Crippen LogP contribution in [0.3, 0.4) is 0 Å². The quantitative estimate of drug-likeness (QED) is 0.767. The first-order chi connectivity index (χ1) is 10.0. The molecule has 5 heteroatoms. The maximum Gasteiger partial charge on any atom is 0.326 e. The lowest BCUT2D eigenvalue weighted by atomic mass is 10.0. The van der Waals surface area contributed by atoms with Gasteiger partial charge < -0.3 is 15.5 Å². The molecular weight excluding hydrogens is 270 g/mol. The van der Waals surface area contributed by atoms with Gasteiger partial charge in [0, 0.05) is 12.3 Å². The Morgan fingerprint density at radius 1 is 1.14 bits per heavy atom. The number of carboxylic acids is 1. The summed E-state index contributed by atoms with van der Waals surface area (Å²) in [6.07, 6.45) is 3.27. The molecule has 21 heavy (non-hydrogen) atoms. The number of carbonyl (C=O) groups is 2. The number of amides is 1. The smallest absolute Gasteiger partial charge is 0.326 e. The average molecular weight is 289 g/mol. The second-order valence-corrected chi connectivity index (χ2v) is 6.19. The van der Waals surface area contributed by atoms with Gasteiger partial charge in [-0.15, -0.1) is 0 Å². The second-order valence-electron chi connectivity index (χ2n) is 6.19. The molecule has 2 fully saturated rings. The van der Waals surface area contributed by atoms with Crippen LogP contribution in [0.5, 0.6) is 5.75 Å². The van der Waals surface area contributed by atoms with Crippen molar-refractivity contribution in [3.8, 4) is 5.75 Å². The zero-order valence-electron chi connectivity index (χ0n) is 11.7. The lowest BCUT2D eigenvalue weighted by molar-refractivity contribution is -0.142. The Morgan fingerprint density at radius 3 is 2.33 bits per heavy atom. The van der Waals surface area contributed by atoms with Crippen molar-refractivity contribution in [3.63, 3.8) is 0 Å². The van der Waals surface area contributed by atoms with E-state index in [0.29, 0.717) is 11.8 Å². The van der Waals surface area contributed by atoms with Crippen molar-refractivity contribution in [3.05, 3.63) is 29.8 Å². The minimum Gasteiger partial charge on any atom is -0.508 e. The molecule has 5 nitrogen and oxygen atoms in total. The fraction of sp³-hybridized carbons (Fsp3) is 0.500. The monoisotopic (exact) mass is 289 g/mol. The van der Waals surface area contributed by atoms with Crippen LogP contribution in [-0.4, -0.2) is 28.1 Å². The SMILES string of the molecule is O=C(NC(Cc1ccc(O)cc1)C(=O)O)C1CC2CC2C1. The molecule has 1 aromatic rings. The van der Waals surface area contributed by atoms with Crippen LogP contribution in [0.15, 0.2) is 24.3 Å². The van der Waals surface area contributed by atoms with E-state index in [0.717, 1.165) is 18.4 Å². The van der Waals surface area contributed by atoms with Crippen LogP contribution >= 0.6 is 0 Å². The van der Waals surface area contributed by atoms with E-state index in [4.69, 9.17) is 0 Å². The van der Waals surface area contributed by atoms with Gasteiger partial charge in [0.1, 0.15) is 11.8 Å². The number of aliphatic carboxylic acids is 1. The zero-order valence-corrected chi connectivity index (χ0v) is 11.7. The summed E-state index contributed by atoms with van der Waals surface area (Å²) >= 11 is 0. The minimum atomic E-state index is -1.03. The fourth-order valence-electron chi connectivity index (χ4n) is 3.29. The Bertz CT molecular complexity index is 544. The Balaban J connectivity index is 1.60.